The Labute approximate surface area is 278 Å². The maximum absolute atomic E-state index is 12.1. The Morgan fingerprint density at radius 2 is 1.39 bits per heavy atom. The number of aliphatic hydroxyl groups excluding tert-OH is 4. The minimum absolute atomic E-state index is 0.137. The van der Waals surface area contributed by atoms with Crippen molar-refractivity contribution in [3.8, 4) is 0 Å². The smallest absolute Gasteiger partial charge is 0.305 e. The summed E-state index contributed by atoms with van der Waals surface area (Å²) in [5.74, 6) is -0.226. The van der Waals surface area contributed by atoms with Gasteiger partial charge in [-0.3, -0.25) is 9.59 Å². The lowest BCUT2D eigenvalue weighted by atomic mass is 9.87. The number of hydrogen-bond donors (Lipinski definition) is 4. The van der Waals surface area contributed by atoms with Gasteiger partial charge in [-0.1, -0.05) is 116 Å². The second kappa shape index (κ2) is 27.2. The number of hydrogen-bond acceptors (Lipinski definition) is 9. The summed E-state index contributed by atoms with van der Waals surface area (Å²) in [6, 6.07) is 0. The van der Waals surface area contributed by atoms with Crippen LogP contribution >= 0.6 is 0 Å². The molecule has 1 unspecified atom stereocenters. The molecule has 0 spiro atoms. The summed E-state index contributed by atoms with van der Waals surface area (Å²) in [5, 5.41) is 40.7. The Balaban J connectivity index is 2.14. The van der Waals surface area contributed by atoms with Crippen LogP contribution in [0.25, 0.3) is 0 Å². The van der Waals surface area contributed by atoms with Crippen LogP contribution in [-0.4, -0.2) is 76.3 Å². The van der Waals surface area contributed by atoms with Crippen LogP contribution in [-0.2, 0) is 23.8 Å². The molecule has 0 saturated carbocycles. The molecule has 0 aromatic rings. The molecule has 0 aromatic heterocycles. The molecule has 0 radical (unpaired) electrons. The highest BCUT2D eigenvalue weighted by atomic mass is 16.6. The monoisotopic (exact) mass is 654 g/mol. The van der Waals surface area contributed by atoms with Gasteiger partial charge in [0.1, 0.15) is 19.3 Å². The van der Waals surface area contributed by atoms with Crippen LogP contribution in [0.4, 0.5) is 0 Å². The van der Waals surface area contributed by atoms with Crippen LogP contribution in [0.15, 0.2) is 24.3 Å². The minimum Gasteiger partial charge on any atom is -0.463 e. The van der Waals surface area contributed by atoms with Gasteiger partial charge in [-0.2, -0.15) is 0 Å². The van der Waals surface area contributed by atoms with E-state index in [0.29, 0.717) is 32.1 Å². The molecule has 0 bridgehead atoms. The number of carbonyl (C=O) groups excluding carboxylic acids is 2. The van der Waals surface area contributed by atoms with Crippen LogP contribution < -0.4 is 0 Å². The summed E-state index contributed by atoms with van der Waals surface area (Å²) < 4.78 is 15.9. The minimum atomic E-state index is -1.05. The van der Waals surface area contributed by atoms with Crippen molar-refractivity contribution in [2.75, 3.05) is 13.2 Å². The van der Waals surface area contributed by atoms with E-state index in [0.717, 1.165) is 44.4 Å². The first kappa shape index (κ1) is 42.2. The average molecular weight is 655 g/mol. The van der Waals surface area contributed by atoms with Crippen molar-refractivity contribution in [3.63, 3.8) is 0 Å². The lowest BCUT2D eigenvalue weighted by molar-refractivity contribution is -0.199. The molecule has 0 aromatic carbocycles. The largest absolute Gasteiger partial charge is 0.463 e. The average Bonchev–Trinajstić information content (AvgIpc) is 3.01. The third kappa shape index (κ3) is 22.7. The normalized spacial score (nSPS) is 21.7. The Hall–Kier alpha value is -1.78. The van der Waals surface area contributed by atoms with Gasteiger partial charge in [0.15, 0.2) is 6.29 Å². The van der Waals surface area contributed by atoms with Gasteiger partial charge < -0.3 is 34.6 Å². The molecule has 9 heteroatoms. The van der Waals surface area contributed by atoms with Gasteiger partial charge in [0.25, 0.3) is 0 Å². The van der Waals surface area contributed by atoms with E-state index in [1.807, 2.05) is 12.2 Å². The summed E-state index contributed by atoms with van der Waals surface area (Å²) in [6.07, 6.45) is 20.1. The molecule has 1 aliphatic heterocycles. The zero-order valence-electron chi connectivity index (χ0n) is 29.0. The van der Waals surface area contributed by atoms with Crippen LogP contribution in [0.2, 0.25) is 0 Å². The quantitative estimate of drug-likeness (QED) is 0.0433. The van der Waals surface area contributed by atoms with E-state index >= 15 is 0 Å². The fourth-order valence-electron chi connectivity index (χ4n) is 5.54. The number of esters is 2. The van der Waals surface area contributed by atoms with Gasteiger partial charge >= 0.3 is 11.9 Å². The number of aliphatic hydroxyl groups is 4. The van der Waals surface area contributed by atoms with Crippen molar-refractivity contribution in [2.45, 2.75) is 173 Å². The number of rotatable bonds is 27. The molecule has 1 aliphatic rings. The Morgan fingerprint density at radius 1 is 0.804 bits per heavy atom. The van der Waals surface area contributed by atoms with Crippen molar-refractivity contribution >= 4 is 11.9 Å². The third-order valence-corrected chi connectivity index (χ3v) is 8.41. The lowest BCUT2D eigenvalue weighted by Gasteiger charge is -2.36. The summed E-state index contributed by atoms with van der Waals surface area (Å²) >= 11 is 0. The van der Waals surface area contributed by atoms with Gasteiger partial charge in [0.05, 0.1) is 18.3 Å². The molecule has 6 atom stereocenters. The van der Waals surface area contributed by atoms with E-state index in [-0.39, 0.29) is 37.9 Å². The van der Waals surface area contributed by atoms with Gasteiger partial charge in [-0.05, 0) is 38.0 Å². The molecular weight excluding hydrogens is 588 g/mol. The molecule has 268 valence electrons. The fraction of sp³-hybridized carbons (Fsp3) is 0.838. The Kier molecular flexibility index (Phi) is 25.0. The summed E-state index contributed by atoms with van der Waals surface area (Å²) in [5.41, 5.74) is 0. The summed E-state index contributed by atoms with van der Waals surface area (Å²) in [4.78, 5) is 24.0. The van der Waals surface area contributed by atoms with Crippen molar-refractivity contribution in [2.24, 2.45) is 11.8 Å². The molecule has 4 N–H and O–H groups in total. The van der Waals surface area contributed by atoms with Gasteiger partial charge in [0.2, 0.25) is 0 Å². The van der Waals surface area contributed by atoms with E-state index in [2.05, 4.69) is 20.8 Å². The number of allylic oxidation sites excluding steroid dienone is 2. The Bertz CT molecular complexity index is 828. The molecule has 1 fully saturated rings. The van der Waals surface area contributed by atoms with Gasteiger partial charge in [0, 0.05) is 25.2 Å². The molecule has 1 rings (SSSR count). The highest BCUT2D eigenvalue weighted by molar-refractivity contribution is 5.69. The first-order valence-corrected chi connectivity index (χ1v) is 18.1. The first-order valence-electron chi connectivity index (χ1n) is 18.1. The lowest BCUT2D eigenvalue weighted by Crippen LogP contribution is -2.43. The van der Waals surface area contributed by atoms with Crippen molar-refractivity contribution < 1.29 is 44.2 Å². The van der Waals surface area contributed by atoms with Crippen LogP contribution in [0.1, 0.15) is 143 Å². The van der Waals surface area contributed by atoms with E-state index < -0.39 is 36.7 Å². The first-order chi connectivity index (χ1) is 22.1. The topological polar surface area (TPSA) is 143 Å². The zero-order valence-corrected chi connectivity index (χ0v) is 29.0. The van der Waals surface area contributed by atoms with E-state index in [9.17, 15) is 30.0 Å². The molecule has 0 amide bonds. The predicted molar refractivity (Wildman–Crippen MR) is 181 cm³/mol. The molecule has 46 heavy (non-hydrogen) atoms. The van der Waals surface area contributed by atoms with Crippen LogP contribution in [0.3, 0.4) is 0 Å². The van der Waals surface area contributed by atoms with Gasteiger partial charge in [-0.15, -0.1) is 0 Å². The molecule has 1 heterocycles. The highest BCUT2D eigenvalue weighted by Crippen LogP contribution is 2.29. The van der Waals surface area contributed by atoms with Gasteiger partial charge in [-0.25, -0.2) is 0 Å². The van der Waals surface area contributed by atoms with Crippen molar-refractivity contribution in [3.05, 3.63) is 24.3 Å². The second-order valence-corrected chi connectivity index (χ2v) is 13.4. The predicted octanol–water partition coefficient (Wildman–Crippen LogP) is 6.69. The van der Waals surface area contributed by atoms with E-state index in [4.69, 9.17) is 14.2 Å². The number of carbonyl (C=O) groups is 2. The van der Waals surface area contributed by atoms with Crippen LogP contribution in [0, 0.1) is 11.8 Å². The van der Waals surface area contributed by atoms with Crippen LogP contribution in [0.5, 0.6) is 0 Å². The highest BCUT2D eigenvalue weighted by Gasteiger charge is 2.35. The van der Waals surface area contributed by atoms with E-state index in [1.54, 1.807) is 12.2 Å². The third-order valence-electron chi connectivity index (χ3n) is 8.41. The van der Waals surface area contributed by atoms with Crippen molar-refractivity contribution in [1.29, 1.82) is 0 Å². The standard InChI is InChI=1S/C37H66O9/c1-4-5-14-20-30(38)24-25-34-32(33(40)26-37(43)46-34)21-16-12-13-18-23-36(42)45-28-31(39)27-44-35(41)22-17-11-9-7-6-8-10-15-19-29(2)3/h12,16,24-25,29-34,37-40,43H,4-11,13-15,17-23,26-28H2,1-3H3/b16-12-,25-24+/t30-,31+,32-,33-,34+,37?/m0/s1. The van der Waals surface area contributed by atoms with Crippen molar-refractivity contribution in [1.82, 2.24) is 0 Å². The molecule has 0 aliphatic carbocycles. The van der Waals surface area contributed by atoms with E-state index in [1.165, 1.54) is 38.5 Å². The molecule has 1 saturated heterocycles. The maximum Gasteiger partial charge on any atom is 0.305 e. The Morgan fingerprint density at radius 3 is 2.02 bits per heavy atom. The summed E-state index contributed by atoms with van der Waals surface area (Å²) in [6.45, 7) is 6.24. The SMILES string of the molecule is CCCCC[C@H](O)/C=C/[C@H]1OC(O)C[C@H](O)[C@@H]1C/C=C\CCCC(=O)OC[C@H](O)COC(=O)CCCCCCCCCCC(C)C. The second-order valence-electron chi connectivity index (χ2n) is 13.4. The molecular formula is C37H66O9. The molecule has 9 nitrogen and oxygen atoms in total. The zero-order chi connectivity index (χ0) is 34.0. The number of ether oxygens (including phenoxy) is 3. The fourth-order valence-corrected chi connectivity index (χ4v) is 5.54. The number of unbranched alkanes of at least 4 members (excludes halogenated alkanes) is 10. The summed E-state index contributed by atoms with van der Waals surface area (Å²) in [7, 11) is 0. The maximum atomic E-state index is 12.1.